The smallest absolute Gasteiger partial charge is 0.407 e. The summed E-state index contributed by atoms with van der Waals surface area (Å²) in [4.78, 5) is 11.9. The first kappa shape index (κ1) is 17.5. The molecule has 2 aliphatic carbocycles. The van der Waals surface area contributed by atoms with Crippen molar-refractivity contribution in [1.82, 2.24) is 10.6 Å². The van der Waals surface area contributed by atoms with Crippen LogP contribution in [0.5, 0.6) is 0 Å². The lowest BCUT2D eigenvalue weighted by Gasteiger charge is -2.31. The lowest BCUT2D eigenvalue weighted by Crippen LogP contribution is -2.40. The third-order valence-electron chi connectivity index (χ3n) is 5.02. The largest absolute Gasteiger partial charge is 0.444 e. The Balaban J connectivity index is 1.68. The third kappa shape index (κ3) is 4.85. The van der Waals surface area contributed by atoms with E-state index in [0.29, 0.717) is 23.4 Å². The van der Waals surface area contributed by atoms with Crippen molar-refractivity contribution in [2.24, 2.45) is 17.1 Å². The zero-order chi connectivity index (χ0) is 16.4. The van der Waals surface area contributed by atoms with Crippen molar-refractivity contribution in [3.63, 3.8) is 0 Å². The summed E-state index contributed by atoms with van der Waals surface area (Å²) in [5, 5.41) is 6.68. The SMILES string of the molecule is CC(CN)CNC1CCC2(CC1)CC2NC(=O)OC(C)(C)C. The lowest BCUT2D eigenvalue weighted by atomic mass is 9.82. The Labute approximate surface area is 134 Å². The van der Waals surface area contributed by atoms with Gasteiger partial charge in [-0.3, -0.25) is 0 Å². The molecule has 128 valence electrons. The Hall–Kier alpha value is -0.810. The molecule has 0 aromatic carbocycles. The molecule has 0 saturated heterocycles. The number of rotatable bonds is 5. The molecule has 0 aliphatic heterocycles. The lowest BCUT2D eigenvalue weighted by molar-refractivity contribution is 0.0512. The summed E-state index contributed by atoms with van der Waals surface area (Å²) in [6.07, 6.45) is 5.63. The Morgan fingerprint density at radius 2 is 2.00 bits per heavy atom. The summed E-state index contributed by atoms with van der Waals surface area (Å²) in [5.41, 5.74) is 5.58. The predicted octanol–water partition coefficient (Wildman–Crippen LogP) is 2.40. The minimum Gasteiger partial charge on any atom is -0.444 e. The van der Waals surface area contributed by atoms with Crippen LogP contribution >= 0.6 is 0 Å². The minimum atomic E-state index is -0.423. The van der Waals surface area contributed by atoms with Crippen LogP contribution in [0.4, 0.5) is 4.79 Å². The summed E-state index contributed by atoms with van der Waals surface area (Å²) in [6, 6.07) is 0.925. The summed E-state index contributed by atoms with van der Waals surface area (Å²) in [5.74, 6) is 0.540. The first-order valence-corrected chi connectivity index (χ1v) is 8.67. The Morgan fingerprint density at radius 3 is 2.55 bits per heavy atom. The van der Waals surface area contributed by atoms with E-state index < -0.39 is 5.60 Å². The summed E-state index contributed by atoms with van der Waals surface area (Å²) < 4.78 is 5.35. The molecule has 5 nitrogen and oxygen atoms in total. The van der Waals surface area contributed by atoms with Crippen LogP contribution in [0.2, 0.25) is 0 Å². The number of hydrogen-bond donors (Lipinski definition) is 3. The molecule has 5 heteroatoms. The van der Waals surface area contributed by atoms with Gasteiger partial charge in [0, 0.05) is 12.1 Å². The first-order valence-electron chi connectivity index (χ1n) is 8.67. The number of carbonyl (C=O) groups is 1. The average Bonchev–Trinajstić information content (AvgIpc) is 3.07. The standard InChI is InChI=1S/C17H33N3O2/c1-12(10-18)11-19-13-5-7-17(8-6-13)9-14(17)20-15(21)22-16(2,3)4/h12-14,19H,5-11,18H2,1-4H3,(H,20,21). The van der Waals surface area contributed by atoms with Gasteiger partial charge in [-0.15, -0.1) is 0 Å². The Morgan fingerprint density at radius 1 is 1.36 bits per heavy atom. The van der Waals surface area contributed by atoms with Crippen molar-refractivity contribution < 1.29 is 9.53 Å². The van der Waals surface area contributed by atoms with Crippen molar-refractivity contribution in [2.75, 3.05) is 13.1 Å². The van der Waals surface area contributed by atoms with E-state index in [1.165, 1.54) is 25.7 Å². The molecule has 0 radical (unpaired) electrons. The maximum absolute atomic E-state index is 11.9. The highest BCUT2D eigenvalue weighted by molar-refractivity contribution is 5.68. The van der Waals surface area contributed by atoms with Gasteiger partial charge < -0.3 is 21.1 Å². The van der Waals surface area contributed by atoms with Crippen LogP contribution in [-0.2, 0) is 4.74 Å². The number of nitrogens with one attached hydrogen (secondary N) is 2. The number of ether oxygens (including phenoxy) is 1. The molecular weight excluding hydrogens is 278 g/mol. The van der Waals surface area contributed by atoms with Crippen LogP contribution in [0, 0.1) is 11.3 Å². The second kappa shape index (κ2) is 6.75. The molecular formula is C17H33N3O2. The molecule has 0 aromatic rings. The summed E-state index contributed by atoms with van der Waals surface area (Å²) >= 11 is 0. The fraction of sp³-hybridized carbons (Fsp3) is 0.941. The monoisotopic (exact) mass is 311 g/mol. The molecule has 2 fully saturated rings. The van der Waals surface area contributed by atoms with Gasteiger partial charge in [0.25, 0.3) is 0 Å². The molecule has 22 heavy (non-hydrogen) atoms. The highest BCUT2D eigenvalue weighted by Gasteiger charge is 2.55. The van der Waals surface area contributed by atoms with Crippen molar-refractivity contribution >= 4 is 6.09 Å². The van der Waals surface area contributed by atoms with Gasteiger partial charge in [0.1, 0.15) is 5.60 Å². The van der Waals surface area contributed by atoms with Gasteiger partial charge >= 0.3 is 6.09 Å². The number of carbonyl (C=O) groups excluding carboxylic acids is 1. The van der Waals surface area contributed by atoms with Gasteiger partial charge in [-0.2, -0.15) is 0 Å². The molecule has 2 unspecified atom stereocenters. The number of nitrogens with two attached hydrogens (primary N) is 1. The van der Waals surface area contributed by atoms with E-state index in [0.717, 1.165) is 19.5 Å². The normalized spacial score (nSPS) is 32.6. The van der Waals surface area contributed by atoms with Crippen molar-refractivity contribution in [2.45, 2.75) is 77.5 Å². The second-order valence-corrected chi connectivity index (χ2v) is 8.29. The maximum atomic E-state index is 11.9. The Bertz CT molecular complexity index is 384. The maximum Gasteiger partial charge on any atom is 0.407 e. The number of hydrogen-bond acceptors (Lipinski definition) is 4. The zero-order valence-corrected chi connectivity index (χ0v) is 14.6. The van der Waals surface area contributed by atoms with Gasteiger partial charge in [-0.1, -0.05) is 6.92 Å². The van der Waals surface area contributed by atoms with Gasteiger partial charge in [0.15, 0.2) is 0 Å². The molecule has 2 saturated carbocycles. The highest BCUT2D eigenvalue weighted by Crippen LogP contribution is 2.56. The molecule has 0 bridgehead atoms. The molecule has 2 aliphatic rings. The van der Waals surface area contributed by atoms with E-state index in [1.807, 2.05) is 20.8 Å². The molecule has 1 amide bonds. The predicted molar refractivity (Wildman–Crippen MR) is 88.7 cm³/mol. The molecule has 0 heterocycles. The molecule has 0 aromatic heterocycles. The summed E-state index contributed by atoms with van der Waals surface area (Å²) in [6.45, 7) is 9.62. The fourth-order valence-electron chi connectivity index (χ4n) is 3.40. The van der Waals surface area contributed by atoms with Crippen LogP contribution in [0.1, 0.15) is 59.8 Å². The first-order chi connectivity index (χ1) is 10.2. The average molecular weight is 311 g/mol. The van der Waals surface area contributed by atoms with E-state index in [-0.39, 0.29) is 6.09 Å². The quantitative estimate of drug-likeness (QED) is 0.728. The highest BCUT2D eigenvalue weighted by atomic mass is 16.6. The minimum absolute atomic E-state index is 0.272. The zero-order valence-electron chi connectivity index (χ0n) is 14.6. The van der Waals surface area contributed by atoms with E-state index in [4.69, 9.17) is 10.5 Å². The molecule has 4 N–H and O–H groups in total. The molecule has 2 atom stereocenters. The van der Waals surface area contributed by atoms with Crippen molar-refractivity contribution in [3.05, 3.63) is 0 Å². The van der Waals surface area contributed by atoms with Gasteiger partial charge in [0.05, 0.1) is 0 Å². The van der Waals surface area contributed by atoms with Gasteiger partial charge in [0.2, 0.25) is 0 Å². The topological polar surface area (TPSA) is 76.4 Å². The van der Waals surface area contributed by atoms with E-state index in [1.54, 1.807) is 0 Å². The fourth-order valence-corrected chi connectivity index (χ4v) is 3.40. The third-order valence-corrected chi connectivity index (χ3v) is 5.02. The van der Waals surface area contributed by atoms with E-state index in [2.05, 4.69) is 17.6 Å². The molecule has 2 rings (SSSR count). The summed E-state index contributed by atoms with van der Waals surface area (Å²) in [7, 11) is 0. The van der Waals surface area contributed by atoms with Crippen LogP contribution in [0.15, 0.2) is 0 Å². The van der Waals surface area contributed by atoms with Crippen LogP contribution in [-0.4, -0.2) is 36.9 Å². The van der Waals surface area contributed by atoms with Crippen LogP contribution in [0.3, 0.4) is 0 Å². The van der Waals surface area contributed by atoms with Crippen molar-refractivity contribution in [3.8, 4) is 0 Å². The van der Waals surface area contributed by atoms with E-state index >= 15 is 0 Å². The second-order valence-electron chi connectivity index (χ2n) is 8.29. The van der Waals surface area contributed by atoms with Crippen LogP contribution < -0.4 is 16.4 Å². The Kier molecular flexibility index (Phi) is 5.38. The molecule has 1 spiro atoms. The van der Waals surface area contributed by atoms with Gasteiger partial charge in [-0.05, 0) is 77.3 Å². The van der Waals surface area contributed by atoms with E-state index in [9.17, 15) is 4.79 Å². The van der Waals surface area contributed by atoms with Crippen molar-refractivity contribution in [1.29, 1.82) is 0 Å². The number of alkyl carbamates (subject to hydrolysis) is 1. The van der Waals surface area contributed by atoms with Crippen LogP contribution in [0.25, 0.3) is 0 Å². The van der Waals surface area contributed by atoms with Gasteiger partial charge in [-0.25, -0.2) is 4.79 Å². The number of amides is 1.